The molecule has 0 aliphatic heterocycles. The van der Waals surface area contributed by atoms with Crippen LogP contribution in [-0.2, 0) is 29.3 Å². The van der Waals surface area contributed by atoms with E-state index in [9.17, 15) is 0 Å². The van der Waals surface area contributed by atoms with Gasteiger partial charge in [-0.3, -0.25) is 0 Å². The predicted octanol–water partition coefficient (Wildman–Crippen LogP) is 1.44. The van der Waals surface area contributed by atoms with Crippen LogP contribution in [0.1, 0.15) is 0 Å². The van der Waals surface area contributed by atoms with Crippen LogP contribution >= 0.6 is 0 Å². The Bertz CT molecular complexity index is 193. The quantitative estimate of drug-likeness (QED) is 0.131. The molecule has 0 N–H and O–H groups in total. The van der Waals surface area contributed by atoms with Gasteiger partial charge in [0.25, 0.3) is 0 Å². The second-order valence-corrected chi connectivity index (χ2v) is 4.04. The van der Waals surface area contributed by atoms with Gasteiger partial charge in [0, 0.05) is 0 Å². The summed E-state index contributed by atoms with van der Waals surface area (Å²) in [6.45, 7) is 5.90. The van der Waals surface area contributed by atoms with Crippen molar-refractivity contribution in [3.05, 3.63) is 32.5 Å². The summed E-state index contributed by atoms with van der Waals surface area (Å²) < 4.78 is 10.3. The van der Waals surface area contributed by atoms with Crippen LogP contribution in [-0.4, -0.2) is 24.8 Å². The van der Waals surface area contributed by atoms with Gasteiger partial charge in [0.1, 0.15) is 0 Å². The first-order valence-electron chi connectivity index (χ1n) is 1.94. The third-order valence-electron chi connectivity index (χ3n) is 0.243. The van der Waals surface area contributed by atoms with Gasteiger partial charge in [0.15, 0.2) is 0 Å². The molecule has 0 fully saturated rings. The van der Waals surface area contributed by atoms with Crippen LogP contribution in [0.4, 0.5) is 0 Å². The van der Waals surface area contributed by atoms with Gasteiger partial charge in [-0.25, -0.2) is 0 Å². The van der Waals surface area contributed by atoms with Crippen molar-refractivity contribution in [1.82, 2.24) is 0 Å². The molecule has 0 rings (SSSR count). The zero-order valence-electron chi connectivity index (χ0n) is 5.25. The molecule has 0 aliphatic carbocycles. The molecule has 0 saturated heterocycles. The Morgan fingerprint density at radius 3 is 1.91 bits per heavy atom. The van der Waals surface area contributed by atoms with E-state index in [4.69, 9.17) is 17.6 Å². The molecule has 2 radical (unpaired) electrons. The number of nitrogens with zero attached hydrogens (tertiary/aromatic N) is 7. The number of hydrogen-bond donors (Lipinski definition) is 0. The number of rotatable bonds is 2. The molecule has 0 heterocycles. The summed E-state index contributed by atoms with van der Waals surface area (Å²) in [6.07, 6.45) is 0. The minimum absolute atomic E-state index is 0.219. The molecule has 0 atom stereocenters. The molecule has 0 saturated carbocycles. The van der Waals surface area contributed by atoms with Crippen molar-refractivity contribution in [1.29, 1.82) is 0 Å². The zero-order chi connectivity index (χ0) is 8.95. The van der Waals surface area contributed by atoms with Crippen LogP contribution in [0.5, 0.6) is 0 Å². The van der Waals surface area contributed by atoms with E-state index in [0.29, 0.717) is 0 Å². The molecule has 0 aromatic rings. The SMILES string of the molecule is [C-]#[N+][O][Hg].[N-]=[N+]=[N][Pb][N]=[N+]=[N-]. The van der Waals surface area contributed by atoms with Gasteiger partial charge in [0.2, 0.25) is 0 Å². The van der Waals surface area contributed by atoms with Crippen LogP contribution in [0.25, 0.3) is 25.9 Å². The Morgan fingerprint density at radius 1 is 1.36 bits per heavy atom. The van der Waals surface area contributed by atoms with E-state index in [1.54, 1.807) is 0 Å². The summed E-state index contributed by atoms with van der Waals surface area (Å²) in [5.74, 6) is 0. The molecule has 0 spiro atoms. The van der Waals surface area contributed by atoms with E-state index in [0.717, 1.165) is 0 Å². The molecular weight excluding hydrogens is 534 g/mol. The molecule has 10 heteroatoms. The Balaban J connectivity index is 0. The molecule has 0 aromatic carbocycles. The summed E-state index contributed by atoms with van der Waals surface area (Å²) in [5, 5.41) is 2.57. The number of hydrogen-bond acceptors (Lipinski definition) is 3. The molecule has 0 amide bonds. The van der Waals surface area contributed by atoms with Crippen molar-refractivity contribution < 1.29 is 29.3 Å². The summed E-state index contributed by atoms with van der Waals surface area (Å²) in [5.41, 5.74) is 15.2. The van der Waals surface area contributed by atoms with E-state index in [2.05, 4.69) is 23.4 Å². The Hall–Kier alpha value is -0.233. The third-order valence-corrected chi connectivity index (χ3v) is 2.14. The molecule has 11 heavy (non-hydrogen) atoms. The predicted molar refractivity (Wildman–Crippen MR) is 31.7 cm³/mol. The van der Waals surface area contributed by atoms with Crippen molar-refractivity contribution in [3.63, 3.8) is 0 Å². The average Bonchev–Trinajstić information content (AvgIpc) is 2.06. The fourth-order valence-electron chi connectivity index (χ4n) is 0.0600. The molecular formula is CHgN7OPb. The zero-order valence-corrected chi connectivity index (χ0v) is 14.6. The van der Waals surface area contributed by atoms with Gasteiger partial charge in [-0.1, -0.05) is 0 Å². The molecule has 0 unspecified atom stereocenters. The van der Waals surface area contributed by atoms with E-state index in [1.807, 2.05) is 0 Å². The van der Waals surface area contributed by atoms with Crippen LogP contribution in [0, 0.1) is 6.57 Å². The maximum absolute atomic E-state index is 7.62. The van der Waals surface area contributed by atoms with Gasteiger partial charge in [-0.2, -0.15) is 0 Å². The molecule has 8 nitrogen and oxygen atoms in total. The van der Waals surface area contributed by atoms with Crippen molar-refractivity contribution >= 4 is 24.8 Å². The second-order valence-electron chi connectivity index (χ2n) is 0.699. The average molecular weight is 534 g/mol. The fraction of sp³-hybridized carbons (Fsp3) is 0. The van der Waals surface area contributed by atoms with E-state index < -0.39 is 24.8 Å². The van der Waals surface area contributed by atoms with Gasteiger partial charge in [-0.05, 0) is 0 Å². The Kier molecular flexibility index (Phi) is 19.9. The van der Waals surface area contributed by atoms with Crippen molar-refractivity contribution in [2.45, 2.75) is 0 Å². The van der Waals surface area contributed by atoms with Gasteiger partial charge in [-0.15, -0.1) is 0 Å². The molecule has 51 valence electrons. The van der Waals surface area contributed by atoms with Crippen LogP contribution < -0.4 is 0 Å². The Morgan fingerprint density at radius 2 is 1.73 bits per heavy atom. The first-order valence-corrected chi connectivity index (χ1v) is 7.66. The third kappa shape index (κ3) is 25.9. The van der Waals surface area contributed by atoms with Crippen LogP contribution in [0.2, 0.25) is 0 Å². The normalized spacial score (nSPS) is 5.18. The Labute approximate surface area is 91.6 Å². The van der Waals surface area contributed by atoms with E-state index >= 15 is 0 Å². The molecule has 0 bridgehead atoms. The standard InChI is InChI=1S/CNO.Hg.2N3.Pb/c1-2-3;;2*1-3-2;/q-1;+1;2*-1;+2. The monoisotopic (exact) mass is 536 g/mol. The first-order chi connectivity index (χ1) is 5.33. The summed E-state index contributed by atoms with van der Waals surface area (Å²) in [7, 11) is 0. The molecule has 0 aromatic heterocycles. The summed E-state index contributed by atoms with van der Waals surface area (Å²) >= 11 is -1.36. The van der Waals surface area contributed by atoms with E-state index in [1.165, 1.54) is 0 Å². The van der Waals surface area contributed by atoms with Crippen molar-refractivity contribution in [2.24, 2.45) is 5.85 Å². The first kappa shape index (κ1) is 13.4. The minimum atomic E-state index is -1.58. The van der Waals surface area contributed by atoms with Crippen molar-refractivity contribution in [3.8, 4) is 0 Å². The topological polar surface area (TPSA) is 111 Å². The molecule has 0 aliphatic rings. The van der Waals surface area contributed by atoms with Crippen molar-refractivity contribution in [2.75, 3.05) is 0 Å². The van der Waals surface area contributed by atoms with Crippen LogP contribution in [0.15, 0.2) is 5.85 Å². The van der Waals surface area contributed by atoms with Gasteiger partial charge < -0.3 is 0 Å². The number of azide groups is 1. The second kappa shape index (κ2) is 16.4. The summed E-state index contributed by atoms with van der Waals surface area (Å²) in [4.78, 5) is 4.84. The van der Waals surface area contributed by atoms with Crippen LogP contribution in [0.3, 0.4) is 0 Å². The maximum atomic E-state index is 7.62. The van der Waals surface area contributed by atoms with Gasteiger partial charge >= 0.3 is 92.5 Å². The van der Waals surface area contributed by atoms with E-state index in [-0.39, 0.29) is 26.6 Å². The summed E-state index contributed by atoms with van der Waals surface area (Å²) in [6, 6.07) is 0. The van der Waals surface area contributed by atoms with Gasteiger partial charge in [0.05, 0.1) is 0 Å². The fourth-order valence-corrected chi connectivity index (χ4v) is 0.526.